The minimum absolute atomic E-state index is 0.0758. The van der Waals surface area contributed by atoms with Crippen LogP contribution in [0.25, 0.3) is 5.57 Å². The van der Waals surface area contributed by atoms with E-state index in [9.17, 15) is 9.59 Å². The fourth-order valence-corrected chi connectivity index (χ4v) is 3.46. The number of aryl methyl sites for hydroxylation is 1. The van der Waals surface area contributed by atoms with Gasteiger partial charge in [0, 0.05) is 5.25 Å². The number of nitrogens with zero attached hydrogens (tertiary/aromatic N) is 1. The van der Waals surface area contributed by atoms with Gasteiger partial charge in [-0.1, -0.05) is 43.7 Å². The maximum absolute atomic E-state index is 12.8. The van der Waals surface area contributed by atoms with Crippen LogP contribution in [0.15, 0.2) is 29.2 Å². The molecule has 0 spiro atoms. The highest BCUT2D eigenvalue weighted by molar-refractivity contribution is 8.04. The van der Waals surface area contributed by atoms with Crippen LogP contribution in [0.3, 0.4) is 0 Å². The second-order valence-corrected chi connectivity index (χ2v) is 8.01. The van der Waals surface area contributed by atoms with Gasteiger partial charge in [-0.3, -0.25) is 14.5 Å². The van der Waals surface area contributed by atoms with Gasteiger partial charge in [-0.25, -0.2) is 0 Å². The van der Waals surface area contributed by atoms with Crippen LogP contribution in [0.1, 0.15) is 38.8 Å². The lowest BCUT2D eigenvalue weighted by molar-refractivity contribution is -0.137. The molecular weight excluding hydrogens is 322 g/mol. The molecule has 0 N–H and O–H groups in total. The van der Waals surface area contributed by atoms with Crippen LogP contribution >= 0.6 is 11.8 Å². The Labute approximate surface area is 148 Å². The SMILES string of the molecule is Cc1ccc(C2=C(SC(C)C)C(=O)N(CCOC(C)C)C2=O)cc1. The van der Waals surface area contributed by atoms with E-state index in [1.165, 1.54) is 16.7 Å². The summed E-state index contributed by atoms with van der Waals surface area (Å²) in [6.45, 7) is 10.6. The molecule has 0 fully saturated rings. The molecule has 1 aromatic carbocycles. The molecule has 0 aliphatic carbocycles. The lowest BCUT2D eigenvalue weighted by Crippen LogP contribution is -2.35. The number of amides is 2. The highest BCUT2D eigenvalue weighted by Gasteiger charge is 2.39. The topological polar surface area (TPSA) is 46.6 Å². The van der Waals surface area contributed by atoms with E-state index in [2.05, 4.69) is 0 Å². The summed E-state index contributed by atoms with van der Waals surface area (Å²) in [7, 11) is 0. The summed E-state index contributed by atoms with van der Waals surface area (Å²) >= 11 is 1.45. The first-order chi connectivity index (χ1) is 11.3. The van der Waals surface area contributed by atoms with Gasteiger partial charge in [0.25, 0.3) is 11.8 Å². The number of rotatable bonds is 7. The molecule has 0 saturated heterocycles. The van der Waals surface area contributed by atoms with E-state index in [-0.39, 0.29) is 29.7 Å². The number of carbonyl (C=O) groups is 2. The van der Waals surface area contributed by atoms with Gasteiger partial charge >= 0.3 is 0 Å². The molecule has 4 nitrogen and oxygen atoms in total. The van der Waals surface area contributed by atoms with E-state index in [4.69, 9.17) is 4.74 Å². The number of thioether (sulfide) groups is 1. The predicted octanol–water partition coefficient (Wildman–Crippen LogP) is 3.64. The molecule has 1 aliphatic rings. The minimum atomic E-state index is -0.223. The Kier molecular flexibility index (Phi) is 6.24. The maximum Gasteiger partial charge on any atom is 0.268 e. The van der Waals surface area contributed by atoms with Gasteiger partial charge < -0.3 is 4.74 Å². The Morgan fingerprint density at radius 2 is 1.67 bits per heavy atom. The summed E-state index contributed by atoms with van der Waals surface area (Å²) in [6.07, 6.45) is 0.0758. The average molecular weight is 347 g/mol. The summed E-state index contributed by atoms with van der Waals surface area (Å²) < 4.78 is 5.50. The van der Waals surface area contributed by atoms with Crippen LogP contribution in [0.4, 0.5) is 0 Å². The predicted molar refractivity (Wildman–Crippen MR) is 98.6 cm³/mol. The Hall–Kier alpha value is -1.59. The first-order valence-corrected chi connectivity index (χ1v) is 9.15. The second-order valence-electron chi connectivity index (χ2n) is 6.42. The lowest BCUT2D eigenvalue weighted by atomic mass is 10.0. The van der Waals surface area contributed by atoms with E-state index < -0.39 is 0 Å². The summed E-state index contributed by atoms with van der Waals surface area (Å²) in [6, 6.07) is 7.74. The van der Waals surface area contributed by atoms with Crippen LogP contribution in [0, 0.1) is 6.92 Å². The third-order valence-electron chi connectivity index (χ3n) is 3.59. The van der Waals surface area contributed by atoms with Crippen LogP contribution in [-0.2, 0) is 14.3 Å². The molecule has 0 aromatic heterocycles. The molecule has 0 atom stereocenters. The van der Waals surface area contributed by atoms with Crippen LogP contribution in [0.5, 0.6) is 0 Å². The number of hydrogen-bond acceptors (Lipinski definition) is 4. The van der Waals surface area contributed by atoms with Crippen molar-refractivity contribution in [3.05, 3.63) is 40.3 Å². The molecule has 0 saturated carbocycles. The lowest BCUT2D eigenvalue weighted by Gasteiger charge is -2.16. The van der Waals surface area contributed by atoms with E-state index in [0.29, 0.717) is 17.1 Å². The van der Waals surface area contributed by atoms with E-state index in [1.54, 1.807) is 0 Å². The zero-order chi connectivity index (χ0) is 17.9. The molecule has 1 heterocycles. The van der Waals surface area contributed by atoms with Crippen molar-refractivity contribution in [1.82, 2.24) is 4.90 Å². The average Bonchev–Trinajstić information content (AvgIpc) is 2.72. The first kappa shape index (κ1) is 18.7. The van der Waals surface area contributed by atoms with Crippen molar-refractivity contribution < 1.29 is 14.3 Å². The van der Waals surface area contributed by atoms with Crippen molar-refractivity contribution in [3.8, 4) is 0 Å². The molecule has 2 rings (SSSR count). The normalized spacial score (nSPS) is 15.4. The number of carbonyl (C=O) groups excluding carboxylic acids is 2. The van der Waals surface area contributed by atoms with Gasteiger partial charge in [-0.05, 0) is 26.3 Å². The highest BCUT2D eigenvalue weighted by atomic mass is 32.2. The molecule has 1 aromatic rings. The van der Waals surface area contributed by atoms with Gasteiger partial charge in [0.2, 0.25) is 0 Å². The van der Waals surface area contributed by atoms with Crippen molar-refractivity contribution in [2.45, 2.75) is 46.0 Å². The molecule has 0 unspecified atom stereocenters. The van der Waals surface area contributed by atoms with Crippen LogP contribution in [0.2, 0.25) is 0 Å². The maximum atomic E-state index is 12.8. The van der Waals surface area contributed by atoms with E-state index in [0.717, 1.165) is 11.1 Å². The van der Waals surface area contributed by atoms with Crippen molar-refractivity contribution in [2.75, 3.05) is 13.2 Å². The standard InChI is InChI=1S/C19H25NO3S/c1-12(2)23-11-10-20-18(21)16(15-8-6-14(5)7-9-15)17(19(20)22)24-13(3)4/h6-9,12-13H,10-11H2,1-5H3. The van der Waals surface area contributed by atoms with Gasteiger partial charge in [-0.2, -0.15) is 0 Å². The molecule has 2 amide bonds. The highest BCUT2D eigenvalue weighted by Crippen LogP contribution is 2.37. The number of benzene rings is 1. The fourth-order valence-electron chi connectivity index (χ4n) is 2.46. The Morgan fingerprint density at radius 3 is 2.21 bits per heavy atom. The number of ether oxygens (including phenoxy) is 1. The molecule has 24 heavy (non-hydrogen) atoms. The molecular formula is C19H25NO3S. The molecule has 5 heteroatoms. The third-order valence-corrected chi connectivity index (χ3v) is 4.67. The minimum Gasteiger partial charge on any atom is -0.377 e. The summed E-state index contributed by atoms with van der Waals surface area (Å²) in [5.74, 6) is -0.430. The zero-order valence-corrected chi connectivity index (χ0v) is 15.8. The molecule has 130 valence electrons. The van der Waals surface area contributed by atoms with E-state index in [1.807, 2.05) is 58.9 Å². The zero-order valence-electron chi connectivity index (χ0n) is 15.0. The quantitative estimate of drug-likeness (QED) is 0.707. The molecule has 0 bridgehead atoms. The van der Waals surface area contributed by atoms with Crippen molar-refractivity contribution in [2.24, 2.45) is 0 Å². The summed E-state index contributed by atoms with van der Waals surface area (Å²) in [4.78, 5) is 27.4. The molecule has 1 aliphatic heterocycles. The van der Waals surface area contributed by atoms with Crippen molar-refractivity contribution >= 4 is 29.1 Å². The molecule has 0 radical (unpaired) electrons. The van der Waals surface area contributed by atoms with Gasteiger partial charge in [-0.15, -0.1) is 11.8 Å². The van der Waals surface area contributed by atoms with Crippen molar-refractivity contribution in [3.63, 3.8) is 0 Å². The number of hydrogen-bond donors (Lipinski definition) is 0. The summed E-state index contributed by atoms with van der Waals surface area (Å²) in [5.41, 5.74) is 2.44. The van der Waals surface area contributed by atoms with Crippen LogP contribution in [-0.4, -0.2) is 41.2 Å². The van der Waals surface area contributed by atoms with E-state index >= 15 is 0 Å². The van der Waals surface area contributed by atoms with Crippen molar-refractivity contribution in [1.29, 1.82) is 0 Å². The Balaban J connectivity index is 2.31. The summed E-state index contributed by atoms with van der Waals surface area (Å²) in [5, 5.41) is 0.226. The smallest absolute Gasteiger partial charge is 0.268 e. The number of imide groups is 1. The van der Waals surface area contributed by atoms with Gasteiger partial charge in [0.1, 0.15) is 0 Å². The van der Waals surface area contributed by atoms with Gasteiger partial charge in [0.15, 0.2) is 0 Å². The van der Waals surface area contributed by atoms with Gasteiger partial charge in [0.05, 0.1) is 29.7 Å². The Bertz CT molecular complexity index is 647. The monoisotopic (exact) mass is 347 g/mol. The fraction of sp³-hybridized carbons (Fsp3) is 0.474. The first-order valence-electron chi connectivity index (χ1n) is 8.27. The largest absolute Gasteiger partial charge is 0.377 e. The van der Waals surface area contributed by atoms with Crippen LogP contribution < -0.4 is 0 Å². The second kappa shape index (κ2) is 7.99. The Morgan fingerprint density at radius 1 is 1.04 bits per heavy atom. The third kappa shape index (κ3) is 4.28.